The van der Waals surface area contributed by atoms with Gasteiger partial charge in [0.25, 0.3) is 0 Å². The lowest BCUT2D eigenvalue weighted by Gasteiger charge is -2.19. The Balaban J connectivity index is 2.30. The molecule has 104 valence electrons. The SMILES string of the molecule is CCNC(CC(C)OC)c1cc2cccc(F)c2o1. The van der Waals surface area contributed by atoms with Crippen molar-refractivity contribution < 1.29 is 13.5 Å². The van der Waals surface area contributed by atoms with Gasteiger partial charge in [-0.15, -0.1) is 0 Å². The highest BCUT2D eigenvalue weighted by molar-refractivity contribution is 5.78. The second-order valence-corrected chi connectivity index (χ2v) is 4.70. The predicted octanol–water partition coefficient (Wildman–Crippen LogP) is 3.65. The van der Waals surface area contributed by atoms with Crippen molar-refractivity contribution in [1.82, 2.24) is 5.32 Å². The van der Waals surface area contributed by atoms with Crippen LogP contribution in [0.5, 0.6) is 0 Å². The summed E-state index contributed by atoms with van der Waals surface area (Å²) < 4.78 is 24.6. The minimum atomic E-state index is -0.321. The Morgan fingerprint density at radius 2 is 2.21 bits per heavy atom. The molecule has 1 aromatic heterocycles. The summed E-state index contributed by atoms with van der Waals surface area (Å²) >= 11 is 0. The first-order valence-electron chi connectivity index (χ1n) is 6.59. The summed E-state index contributed by atoms with van der Waals surface area (Å²) in [5.41, 5.74) is 0.325. The molecule has 4 heteroatoms. The average molecular weight is 265 g/mol. The average Bonchev–Trinajstić information content (AvgIpc) is 2.83. The maximum absolute atomic E-state index is 13.6. The molecule has 3 nitrogen and oxygen atoms in total. The van der Waals surface area contributed by atoms with Crippen LogP contribution in [0.15, 0.2) is 28.7 Å². The van der Waals surface area contributed by atoms with Crippen molar-refractivity contribution in [3.05, 3.63) is 35.8 Å². The van der Waals surface area contributed by atoms with Crippen molar-refractivity contribution in [3.8, 4) is 0 Å². The van der Waals surface area contributed by atoms with E-state index in [1.807, 2.05) is 26.0 Å². The highest BCUT2D eigenvalue weighted by atomic mass is 19.1. The number of ether oxygens (including phenoxy) is 1. The fourth-order valence-electron chi connectivity index (χ4n) is 2.19. The van der Waals surface area contributed by atoms with Gasteiger partial charge in [-0.1, -0.05) is 19.1 Å². The number of fused-ring (bicyclic) bond motifs is 1. The maximum Gasteiger partial charge on any atom is 0.169 e. The molecule has 0 saturated carbocycles. The molecule has 0 bridgehead atoms. The van der Waals surface area contributed by atoms with Gasteiger partial charge in [0.15, 0.2) is 11.4 Å². The molecule has 1 aromatic carbocycles. The zero-order valence-electron chi connectivity index (χ0n) is 11.6. The summed E-state index contributed by atoms with van der Waals surface area (Å²) in [6.07, 6.45) is 0.897. The fraction of sp³-hybridized carbons (Fsp3) is 0.467. The summed E-state index contributed by atoms with van der Waals surface area (Å²) in [6, 6.07) is 6.89. The van der Waals surface area contributed by atoms with Crippen LogP contribution in [0.2, 0.25) is 0 Å². The minimum Gasteiger partial charge on any atom is -0.456 e. The zero-order valence-corrected chi connectivity index (χ0v) is 11.6. The molecule has 0 aliphatic heterocycles. The third kappa shape index (κ3) is 3.14. The van der Waals surface area contributed by atoms with Gasteiger partial charge in [-0.2, -0.15) is 0 Å². The van der Waals surface area contributed by atoms with Crippen molar-refractivity contribution in [1.29, 1.82) is 0 Å². The Kier molecular flexibility index (Phi) is 4.56. The number of nitrogens with one attached hydrogen (secondary N) is 1. The number of rotatable bonds is 6. The number of benzene rings is 1. The summed E-state index contributed by atoms with van der Waals surface area (Å²) in [6.45, 7) is 4.86. The molecule has 2 rings (SSSR count). The Morgan fingerprint density at radius 1 is 1.42 bits per heavy atom. The van der Waals surface area contributed by atoms with Crippen LogP contribution in [-0.4, -0.2) is 19.8 Å². The molecule has 1 heterocycles. The van der Waals surface area contributed by atoms with E-state index in [1.54, 1.807) is 13.2 Å². The van der Waals surface area contributed by atoms with Gasteiger partial charge in [0.1, 0.15) is 5.76 Å². The van der Waals surface area contributed by atoms with E-state index in [0.29, 0.717) is 5.58 Å². The third-order valence-electron chi connectivity index (χ3n) is 3.28. The van der Waals surface area contributed by atoms with Crippen LogP contribution in [0.3, 0.4) is 0 Å². The number of para-hydroxylation sites is 1. The van der Waals surface area contributed by atoms with E-state index >= 15 is 0 Å². The highest BCUT2D eigenvalue weighted by Gasteiger charge is 2.19. The van der Waals surface area contributed by atoms with Crippen LogP contribution < -0.4 is 5.32 Å². The first kappa shape index (κ1) is 14.0. The van der Waals surface area contributed by atoms with E-state index < -0.39 is 0 Å². The molecule has 0 spiro atoms. The van der Waals surface area contributed by atoms with Crippen molar-refractivity contribution in [2.45, 2.75) is 32.4 Å². The van der Waals surface area contributed by atoms with Crippen LogP contribution in [0.25, 0.3) is 11.0 Å². The van der Waals surface area contributed by atoms with E-state index in [0.717, 1.165) is 24.1 Å². The smallest absolute Gasteiger partial charge is 0.169 e. The molecule has 2 aromatic rings. The minimum absolute atomic E-state index is 0.0340. The van der Waals surface area contributed by atoms with E-state index in [1.165, 1.54) is 6.07 Å². The van der Waals surface area contributed by atoms with Crippen LogP contribution in [0, 0.1) is 5.82 Å². The molecule has 2 atom stereocenters. The lowest BCUT2D eigenvalue weighted by Crippen LogP contribution is -2.24. The molecule has 0 amide bonds. The summed E-state index contributed by atoms with van der Waals surface area (Å²) in [5, 5.41) is 4.14. The predicted molar refractivity (Wildman–Crippen MR) is 73.7 cm³/mol. The number of hydrogen-bond acceptors (Lipinski definition) is 3. The quantitative estimate of drug-likeness (QED) is 0.865. The van der Waals surface area contributed by atoms with Crippen LogP contribution in [-0.2, 0) is 4.74 Å². The van der Waals surface area contributed by atoms with Gasteiger partial charge in [-0.25, -0.2) is 4.39 Å². The van der Waals surface area contributed by atoms with E-state index in [2.05, 4.69) is 5.32 Å². The molecule has 1 N–H and O–H groups in total. The molecular formula is C15H20FNO2. The van der Waals surface area contributed by atoms with Crippen molar-refractivity contribution in [3.63, 3.8) is 0 Å². The Morgan fingerprint density at radius 3 is 2.84 bits per heavy atom. The van der Waals surface area contributed by atoms with Gasteiger partial charge in [-0.05, 0) is 32.0 Å². The lowest BCUT2D eigenvalue weighted by molar-refractivity contribution is 0.0980. The molecule has 0 fully saturated rings. The van der Waals surface area contributed by atoms with Crippen LogP contribution in [0.1, 0.15) is 32.1 Å². The van der Waals surface area contributed by atoms with Crippen LogP contribution in [0.4, 0.5) is 4.39 Å². The van der Waals surface area contributed by atoms with E-state index in [4.69, 9.17) is 9.15 Å². The van der Waals surface area contributed by atoms with Gasteiger partial charge in [0.05, 0.1) is 12.1 Å². The zero-order chi connectivity index (χ0) is 13.8. The van der Waals surface area contributed by atoms with Crippen molar-refractivity contribution in [2.75, 3.05) is 13.7 Å². The van der Waals surface area contributed by atoms with Gasteiger partial charge < -0.3 is 14.5 Å². The van der Waals surface area contributed by atoms with Gasteiger partial charge in [0, 0.05) is 12.5 Å². The molecule has 0 saturated heterocycles. The molecule has 2 unspecified atom stereocenters. The molecule has 19 heavy (non-hydrogen) atoms. The Hall–Kier alpha value is -1.39. The largest absolute Gasteiger partial charge is 0.456 e. The number of furan rings is 1. The normalized spacial score (nSPS) is 14.7. The first-order chi connectivity index (χ1) is 9.15. The number of halogens is 1. The number of methoxy groups -OCH3 is 1. The third-order valence-corrected chi connectivity index (χ3v) is 3.28. The Bertz CT molecular complexity index is 538. The standard InChI is InChI=1S/C15H20FNO2/c1-4-17-13(8-10(2)18-3)14-9-11-6-5-7-12(16)15(11)19-14/h5-7,9-10,13,17H,4,8H2,1-3H3. The van der Waals surface area contributed by atoms with E-state index in [-0.39, 0.29) is 18.0 Å². The molecular weight excluding hydrogens is 245 g/mol. The van der Waals surface area contributed by atoms with Gasteiger partial charge in [0.2, 0.25) is 0 Å². The first-order valence-corrected chi connectivity index (χ1v) is 6.59. The number of hydrogen-bond donors (Lipinski definition) is 1. The summed E-state index contributed by atoms with van der Waals surface area (Å²) in [4.78, 5) is 0. The van der Waals surface area contributed by atoms with E-state index in [9.17, 15) is 4.39 Å². The molecule has 0 aliphatic carbocycles. The maximum atomic E-state index is 13.6. The van der Waals surface area contributed by atoms with Crippen LogP contribution >= 0.6 is 0 Å². The highest BCUT2D eigenvalue weighted by Crippen LogP contribution is 2.28. The fourth-order valence-corrected chi connectivity index (χ4v) is 2.19. The van der Waals surface area contributed by atoms with Crippen molar-refractivity contribution >= 4 is 11.0 Å². The second-order valence-electron chi connectivity index (χ2n) is 4.70. The van der Waals surface area contributed by atoms with Gasteiger partial charge in [-0.3, -0.25) is 0 Å². The molecule has 0 radical (unpaired) electrons. The topological polar surface area (TPSA) is 34.4 Å². The van der Waals surface area contributed by atoms with Gasteiger partial charge >= 0.3 is 0 Å². The monoisotopic (exact) mass is 265 g/mol. The second kappa shape index (κ2) is 6.17. The lowest BCUT2D eigenvalue weighted by atomic mass is 10.1. The summed E-state index contributed by atoms with van der Waals surface area (Å²) in [7, 11) is 1.69. The molecule has 0 aliphatic rings. The summed E-state index contributed by atoms with van der Waals surface area (Å²) in [5.74, 6) is 0.435. The van der Waals surface area contributed by atoms with Crippen molar-refractivity contribution in [2.24, 2.45) is 0 Å². The Labute approximate surface area is 112 Å².